The lowest BCUT2D eigenvalue weighted by molar-refractivity contribution is 0.0988. The predicted octanol–water partition coefficient (Wildman–Crippen LogP) is 2.22. The standard InChI is InChI=1S/C16H18N6O3S/c1-8-13(10(3)23)9(2)19-14(8)15(24)11(4)26-16-21-20-12(25-16)5-22-7-17-6-18-22/h6-7,11,19H,5H2,1-4H3. The van der Waals surface area contributed by atoms with Crippen LogP contribution in [-0.2, 0) is 6.54 Å². The zero-order valence-corrected chi connectivity index (χ0v) is 15.6. The molecule has 3 aromatic heterocycles. The Labute approximate surface area is 153 Å². The number of hydrogen-bond donors (Lipinski definition) is 1. The van der Waals surface area contributed by atoms with E-state index in [9.17, 15) is 9.59 Å². The van der Waals surface area contributed by atoms with Crippen molar-refractivity contribution in [3.05, 3.63) is 41.1 Å². The highest BCUT2D eigenvalue weighted by Crippen LogP contribution is 2.27. The molecule has 9 nitrogen and oxygen atoms in total. The Kier molecular flexibility index (Phi) is 5.03. The van der Waals surface area contributed by atoms with E-state index in [0.29, 0.717) is 40.2 Å². The smallest absolute Gasteiger partial charge is 0.277 e. The van der Waals surface area contributed by atoms with Crippen molar-refractivity contribution in [3.63, 3.8) is 0 Å². The molecule has 0 saturated heterocycles. The number of carbonyl (C=O) groups is 2. The van der Waals surface area contributed by atoms with Gasteiger partial charge in [-0.2, -0.15) is 5.10 Å². The van der Waals surface area contributed by atoms with Gasteiger partial charge in [-0.05, 0) is 33.3 Å². The topological polar surface area (TPSA) is 120 Å². The Hall–Kier alpha value is -2.75. The highest BCUT2D eigenvalue weighted by molar-refractivity contribution is 8.00. The number of carbonyl (C=O) groups excluding carboxylic acids is 2. The molecule has 136 valence electrons. The first kappa shape index (κ1) is 18.1. The SMILES string of the molecule is CC(=O)c1c(C)[nH]c(C(=O)C(C)Sc2nnc(Cn3cncn3)o2)c1C. The van der Waals surface area contributed by atoms with Crippen molar-refractivity contribution < 1.29 is 14.0 Å². The summed E-state index contributed by atoms with van der Waals surface area (Å²) in [5.41, 5.74) is 2.38. The normalized spacial score (nSPS) is 12.3. The summed E-state index contributed by atoms with van der Waals surface area (Å²) in [6.07, 6.45) is 2.97. The summed E-state index contributed by atoms with van der Waals surface area (Å²) in [5, 5.41) is 11.7. The molecule has 0 saturated carbocycles. The van der Waals surface area contributed by atoms with Crippen molar-refractivity contribution in [1.29, 1.82) is 0 Å². The zero-order valence-electron chi connectivity index (χ0n) is 14.8. The zero-order chi connectivity index (χ0) is 18.8. The van der Waals surface area contributed by atoms with Gasteiger partial charge in [0.2, 0.25) is 5.89 Å². The van der Waals surface area contributed by atoms with Gasteiger partial charge < -0.3 is 9.40 Å². The molecule has 0 fully saturated rings. The molecule has 0 aliphatic rings. The number of thioether (sulfide) groups is 1. The molecule has 3 aromatic rings. The van der Waals surface area contributed by atoms with E-state index in [1.54, 1.807) is 31.8 Å². The maximum atomic E-state index is 12.7. The van der Waals surface area contributed by atoms with Crippen LogP contribution >= 0.6 is 11.8 Å². The highest BCUT2D eigenvalue weighted by Gasteiger charge is 2.25. The van der Waals surface area contributed by atoms with Gasteiger partial charge in [-0.3, -0.25) is 9.59 Å². The van der Waals surface area contributed by atoms with E-state index < -0.39 is 5.25 Å². The van der Waals surface area contributed by atoms with Gasteiger partial charge in [0.25, 0.3) is 5.22 Å². The lowest BCUT2D eigenvalue weighted by atomic mass is 10.0. The molecule has 3 rings (SSSR count). The summed E-state index contributed by atoms with van der Waals surface area (Å²) in [5.74, 6) is 0.188. The van der Waals surface area contributed by atoms with Crippen molar-refractivity contribution in [2.24, 2.45) is 0 Å². The summed E-state index contributed by atoms with van der Waals surface area (Å²) >= 11 is 1.17. The monoisotopic (exact) mass is 374 g/mol. The number of Topliss-reactive ketones (excluding diaryl/α,β-unsaturated/α-hetero) is 2. The first-order chi connectivity index (χ1) is 12.4. The maximum Gasteiger partial charge on any atom is 0.277 e. The van der Waals surface area contributed by atoms with E-state index in [1.807, 2.05) is 0 Å². The van der Waals surface area contributed by atoms with E-state index in [-0.39, 0.29) is 11.6 Å². The molecule has 0 aliphatic carbocycles. The van der Waals surface area contributed by atoms with Crippen LogP contribution in [0.15, 0.2) is 22.3 Å². The molecule has 3 heterocycles. The second-order valence-corrected chi connectivity index (χ2v) is 7.15. The number of aryl methyl sites for hydroxylation is 1. The summed E-state index contributed by atoms with van der Waals surface area (Å²) in [6.45, 7) is 7.12. The average Bonchev–Trinajstić information content (AvgIpc) is 3.29. The predicted molar refractivity (Wildman–Crippen MR) is 93.3 cm³/mol. The van der Waals surface area contributed by atoms with Gasteiger partial charge in [-0.25, -0.2) is 9.67 Å². The molecule has 1 unspecified atom stereocenters. The molecule has 0 spiro atoms. The van der Waals surface area contributed by atoms with Gasteiger partial charge >= 0.3 is 0 Å². The fourth-order valence-electron chi connectivity index (χ4n) is 2.74. The second-order valence-electron chi connectivity index (χ2n) is 5.86. The Morgan fingerprint density at radius 2 is 2.12 bits per heavy atom. The van der Waals surface area contributed by atoms with E-state index in [4.69, 9.17) is 4.42 Å². The number of H-pyrrole nitrogens is 1. The highest BCUT2D eigenvalue weighted by atomic mass is 32.2. The van der Waals surface area contributed by atoms with Crippen LogP contribution in [0.4, 0.5) is 0 Å². The number of rotatable bonds is 7. The summed E-state index contributed by atoms with van der Waals surface area (Å²) in [7, 11) is 0. The Bertz CT molecular complexity index is 944. The first-order valence-electron chi connectivity index (χ1n) is 7.92. The van der Waals surface area contributed by atoms with Gasteiger partial charge in [-0.1, -0.05) is 11.8 Å². The summed E-state index contributed by atoms with van der Waals surface area (Å²) in [4.78, 5) is 31.4. The molecular formula is C16H18N6O3S. The average molecular weight is 374 g/mol. The van der Waals surface area contributed by atoms with Crippen LogP contribution in [0.1, 0.15) is 51.8 Å². The first-order valence-corrected chi connectivity index (χ1v) is 8.80. The third kappa shape index (κ3) is 3.59. The molecule has 10 heteroatoms. The van der Waals surface area contributed by atoms with Gasteiger partial charge in [0.1, 0.15) is 19.2 Å². The number of aromatic nitrogens is 6. The molecule has 0 bridgehead atoms. The van der Waals surface area contributed by atoms with Crippen LogP contribution in [-0.4, -0.2) is 46.8 Å². The Balaban J connectivity index is 1.71. The van der Waals surface area contributed by atoms with Gasteiger partial charge in [0.05, 0.1) is 10.9 Å². The summed E-state index contributed by atoms with van der Waals surface area (Å²) in [6, 6.07) is 0. The molecule has 0 aliphatic heterocycles. The van der Waals surface area contributed by atoms with Crippen molar-refractivity contribution >= 4 is 23.3 Å². The van der Waals surface area contributed by atoms with Crippen molar-refractivity contribution in [1.82, 2.24) is 29.9 Å². The van der Waals surface area contributed by atoms with Crippen LogP contribution in [0.3, 0.4) is 0 Å². The lowest BCUT2D eigenvalue weighted by Crippen LogP contribution is -2.15. The number of aromatic amines is 1. The number of nitrogens with zero attached hydrogens (tertiary/aromatic N) is 5. The molecular weight excluding hydrogens is 356 g/mol. The van der Waals surface area contributed by atoms with Crippen molar-refractivity contribution in [3.8, 4) is 0 Å². The van der Waals surface area contributed by atoms with E-state index in [2.05, 4.69) is 25.3 Å². The van der Waals surface area contributed by atoms with E-state index >= 15 is 0 Å². The molecule has 0 aromatic carbocycles. The molecule has 1 atom stereocenters. The lowest BCUT2D eigenvalue weighted by Gasteiger charge is -2.07. The largest absolute Gasteiger partial charge is 0.414 e. The minimum absolute atomic E-state index is 0.0646. The van der Waals surface area contributed by atoms with Gasteiger partial charge in [0, 0.05) is 11.3 Å². The summed E-state index contributed by atoms with van der Waals surface area (Å²) < 4.78 is 7.11. The van der Waals surface area contributed by atoms with Crippen LogP contribution in [0, 0.1) is 13.8 Å². The third-order valence-corrected chi connectivity index (χ3v) is 4.83. The van der Waals surface area contributed by atoms with Crippen LogP contribution in [0.2, 0.25) is 0 Å². The minimum Gasteiger partial charge on any atom is -0.414 e. The molecule has 0 amide bonds. The second kappa shape index (κ2) is 7.24. The fraction of sp³-hybridized carbons (Fsp3) is 0.375. The third-order valence-electron chi connectivity index (χ3n) is 3.89. The molecule has 1 N–H and O–H groups in total. The van der Waals surface area contributed by atoms with Crippen LogP contribution in [0.25, 0.3) is 0 Å². The Morgan fingerprint density at radius 3 is 2.73 bits per heavy atom. The number of hydrogen-bond acceptors (Lipinski definition) is 8. The van der Waals surface area contributed by atoms with Crippen LogP contribution < -0.4 is 0 Å². The van der Waals surface area contributed by atoms with E-state index in [1.165, 1.54) is 25.0 Å². The van der Waals surface area contributed by atoms with Crippen molar-refractivity contribution in [2.45, 2.75) is 44.7 Å². The molecule has 26 heavy (non-hydrogen) atoms. The maximum absolute atomic E-state index is 12.7. The Morgan fingerprint density at radius 1 is 1.35 bits per heavy atom. The van der Waals surface area contributed by atoms with E-state index in [0.717, 1.165) is 0 Å². The van der Waals surface area contributed by atoms with Crippen molar-refractivity contribution in [2.75, 3.05) is 0 Å². The minimum atomic E-state index is -0.453. The molecule has 0 radical (unpaired) electrons. The van der Waals surface area contributed by atoms with Crippen LogP contribution in [0.5, 0.6) is 0 Å². The van der Waals surface area contributed by atoms with Gasteiger partial charge in [-0.15, -0.1) is 10.2 Å². The van der Waals surface area contributed by atoms with Gasteiger partial charge in [0.15, 0.2) is 11.6 Å². The number of nitrogens with one attached hydrogen (secondary N) is 1. The number of ketones is 2. The quantitative estimate of drug-likeness (QED) is 0.494. The fourth-order valence-corrected chi connectivity index (χ4v) is 3.49.